The normalized spacial score (nSPS) is 19.4. The van der Waals surface area contributed by atoms with Crippen LogP contribution in [0.3, 0.4) is 0 Å². The van der Waals surface area contributed by atoms with Gasteiger partial charge in [-0.15, -0.1) is 0 Å². The zero-order valence-corrected chi connectivity index (χ0v) is 14.2. The van der Waals surface area contributed by atoms with Crippen LogP contribution in [-0.2, 0) is 4.79 Å². The molecule has 1 heterocycles. The summed E-state index contributed by atoms with van der Waals surface area (Å²) < 4.78 is 11.0. The minimum Gasteiger partial charge on any atom is -0.497 e. The molecule has 1 amide bonds. The van der Waals surface area contributed by atoms with Crippen molar-refractivity contribution in [2.45, 2.75) is 31.3 Å². The molecule has 0 bridgehead atoms. The lowest BCUT2D eigenvalue weighted by Crippen LogP contribution is -2.50. The minimum absolute atomic E-state index is 0.0164. The number of methoxy groups -OCH3 is 1. The number of nitrogens with zero attached hydrogens (tertiary/aromatic N) is 1. The monoisotopic (exact) mass is 349 g/mol. The molecule has 0 atom stereocenters. The Kier molecular flexibility index (Phi) is 4.85. The molecule has 1 aromatic rings. The highest BCUT2D eigenvalue weighted by Crippen LogP contribution is 2.33. The van der Waals surface area contributed by atoms with E-state index in [2.05, 4.69) is 0 Å². The fourth-order valence-electron chi connectivity index (χ4n) is 2.88. The zero-order chi connectivity index (χ0) is 18.0. The molecule has 3 rings (SSSR count). The van der Waals surface area contributed by atoms with Crippen molar-refractivity contribution >= 4 is 11.9 Å². The predicted molar refractivity (Wildman–Crippen MR) is 88.9 cm³/mol. The Labute approximate surface area is 146 Å². The topological polar surface area (TPSA) is 96.3 Å². The van der Waals surface area contributed by atoms with Gasteiger partial charge in [-0.05, 0) is 30.9 Å². The van der Waals surface area contributed by atoms with Crippen LogP contribution in [0, 0.1) is 5.92 Å². The van der Waals surface area contributed by atoms with Crippen LogP contribution in [0.4, 0.5) is 0 Å². The Morgan fingerprint density at radius 1 is 1.28 bits per heavy atom. The molecule has 1 aliphatic carbocycles. The first-order chi connectivity index (χ1) is 11.9. The van der Waals surface area contributed by atoms with Gasteiger partial charge in [0.25, 0.3) is 5.91 Å². The number of hydrogen-bond acceptors (Lipinski definition) is 5. The van der Waals surface area contributed by atoms with Gasteiger partial charge in [0, 0.05) is 32.0 Å². The van der Waals surface area contributed by atoms with E-state index in [0.29, 0.717) is 29.6 Å². The lowest BCUT2D eigenvalue weighted by atomic mass is 9.91. The second-order valence-electron chi connectivity index (χ2n) is 6.75. The summed E-state index contributed by atoms with van der Waals surface area (Å²) >= 11 is 0. The molecule has 7 heteroatoms. The fraction of sp³-hybridized carbons (Fsp3) is 0.556. The molecular formula is C18H23NO6. The summed E-state index contributed by atoms with van der Waals surface area (Å²) in [5.74, 6) is 0.185. The Morgan fingerprint density at radius 2 is 1.96 bits per heavy atom. The first-order valence-electron chi connectivity index (χ1n) is 8.49. The van der Waals surface area contributed by atoms with Gasteiger partial charge in [0.2, 0.25) is 0 Å². The predicted octanol–water partition coefficient (Wildman–Crippen LogP) is 1.54. The van der Waals surface area contributed by atoms with Gasteiger partial charge in [0.15, 0.2) is 5.60 Å². The molecule has 136 valence electrons. The van der Waals surface area contributed by atoms with Gasteiger partial charge < -0.3 is 24.6 Å². The smallest absolute Gasteiger partial charge is 0.335 e. The summed E-state index contributed by atoms with van der Waals surface area (Å²) in [5, 5.41) is 19.1. The van der Waals surface area contributed by atoms with Crippen LogP contribution in [0.2, 0.25) is 0 Å². The van der Waals surface area contributed by atoms with Gasteiger partial charge in [0.1, 0.15) is 11.5 Å². The van der Waals surface area contributed by atoms with Gasteiger partial charge in [-0.2, -0.15) is 0 Å². The lowest BCUT2D eigenvalue weighted by Gasteiger charge is -2.35. The van der Waals surface area contributed by atoms with Crippen molar-refractivity contribution in [2.75, 3.05) is 26.8 Å². The van der Waals surface area contributed by atoms with Crippen LogP contribution >= 0.6 is 0 Å². The van der Waals surface area contributed by atoms with Crippen LogP contribution in [-0.4, -0.2) is 59.4 Å². The number of amides is 1. The van der Waals surface area contributed by atoms with E-state index in [1.165, 1.54) is 0 Å². The Hall–Kier alpha value is -2.28. The Balaban J connectivity index is 1.73. The Morgan fingerprint density at radius 3 is 2.52 bits per heavy atom. The quantitative estimate of drug-likeness (QED) is 0.809. The molecule has 2 aliphatic rings. The molecule has 0 spiro atoms. The molecule has 0 radical (unpaired) electrons. The average molecular weight is 349 g/mol. The number of carboxylic acid groups (broad SMARTS) is 1. The maximum absolute atomic E-state index is 12.8. The maximum Gasteiger partial charge on any atom is 0.335 e. The van der Waals surface area contributed by atoms with Gasteiger partial charge in [-0.1, -0.05) is 0 Å². The highest BCUT2D eigenvalue weighted by Gasteiger charge is 2.40. The van der Waals surface area contributed by atoms with E-state index in [-0.39, 0.29) is 31.8 Å². The molecule has 1 saturated carbocycles. The van der Waals surface area contributed by atoms with Gasteiger partial charge in [-0.3, -0.25) is 4.79 Å². The highest BCUT2D eigenvalue weighted by atomic mass is 16.5. The molecule has 0 unspecified atom stereocenters. The van der Waals surface area contributed by atoms with E-state index < -0.39 is 11.6 Å². The van der Waals surface area contributed by atoms with Crippen molar-refractivity contribution in [1.29, 1.82) is 0 Å². The van der Waals surface area contributed by atoms with Crippen molar-refractivity contribution in [1.82, 2.24) is 4.90 Å². The zero-order valence-electron chi connectivity index (χ0n) is 14.2. The van der Waals surface area contributed by atoms with Gasteiger partial charge >= 0.3 is 5.97 Å². The first kappa shape index (κ1) is 17.5. The number of ether oxygens (including phenoxy) is 2. The van der Waals surface area contributed by atoms with E-state index in [1.54, 1.807) is 30.2 Å². The highest BCUT2D eigenvalue weighted by molar-refractivity contribution is 5.97. The van der Waals surface area contributed by atoms with Crippen molar-refractivity contribution < 1.29 is 29.3 Å². The number of likely N-dealkylation sites (tertiary alicyclic amines) is 1. The summed E-state index contributed by atoms with van der Waals surface area (Å²) in [4.78, 5) is 25.5. The van der Waals surface area contributed by atoms with Crippen LogP contribution in [0.25, 0.3) is 0 Å². The third-order valence-corrected chi connectivity index (χ3v) is 4.87. The molecule has 25 heavy (non-hydrogen) atoms. The largest absolute Gasteiger partial charge is 0.497 e. The van der Waals surface area contributed by atoms with Crippen LogP contribution < -0.4 is 9.47 Å². The fourth-order valence-corrected chi connectivity index (χ4v) is 2.88. The molecule has 7 nitrogen and oxygen atoms in total. The molecule has 0 aromatic heterocycles. The molecule has 2 fully saturated rings. The molecule has 1 aromatic carbocycles. The summed E-state index contributed by atoms with van der Waals surface area (Å²) in [5.41, 5.74) is -1.32. The number of carbonyl (C=O) groups is 2. The molecular weight excluding hydrogens is 326 g/mol. The number of carboxylic acids is 1. The number of hydrogen-bond donors (Lipinski definition) is 2. The summed E-state index contributed by atoms with van der Waals surface area (Å²) in [6.07, 6.45) is 2.32. The second-order valence-corrected chi connectivity index (χ2v) is 6.75. The molecule has 1 aliphatic heterocycles. The van der Waals surface area contributed by atoms with E-state index >= 15 is 0 Å². The number of aliphatic hydroxyl groups is 1. The number of piperidine rings is 1. The van der Waals surface area contributed by atoms with E-state index in [0.717, 1.165) is 12.8 Å². The minimum atomic E-state index is -1.75. The van der Waals surface area contributed by atoms with Gasteiger partial charge in [-0.25, -0.2) is 4.79 Å². The third-order valence-electron chi connectivity index (χ3n) is 4.87. The van der Waals surface area contributed by atoms with Gasteiger partial charge in [0.05, 0.1) is 19.3 Å². The van der Waals surface area contributed by atoms with Crippen molar-refractivity contribution in [3.05, 3.63) is 23.8 Å². The maximum atomic E-state index is 12.8. The van der Waals surface area contributed by atoms with Crippen molar-refractivity contribution in [2.24, 2.45) is 5.92 Å². The summed E-state index contributed by atoms with van der Waals surface area (Å²) in [6, 6.07) is 5.07. The van der Waals surface area contributed by atoms with Crippen molar-refractivity contribution in [3.8, 4) is 11.5 Å². The summed E-state index contributed by atoms with van der Waals surface area (Å²) in [6.45, 7) is 0.956. The van der Waals surface area contributed by atoms with Crippen LogP contribution in [0.5, 0.6) is 11.5 Å². The number of rotatable bonds is 6. The first-order valence-corrected chi connectivity index (χ1v) is 8.49. The van der Waals surface area contributed by atoms with E-state index in [4.69, 9.17) is 14.6 Å². The number of carbonyl (C=O) groups excluding carboxylic acids is 1. The number of aliphatic carboxylic acids is 1. The SMILES string of the molecule is COc1ccc(C(=O)N2CCC(O)(C(=O)O)CC2)c(OCC2CC2)c1. The number of benzene rings is 1. The second kappa shape index (κ2) is 6.92. The van der Waals surface area contributed by atoms with Crippen LogP contribution in [0.1, 0.15) is 36.0 Å². The lowest BCUT2D eigenvalue weighted by molar-refractivity contribution is -0.162. The summed E-state index contributed by atoms with van der Waals surface area (Å²) in [7, 11) is 1.55. The molecule has 2 N–H and O–H groups in total. The van der Waals surface area contributed by atoms with E-state index in [9.17, 15) is 14.7 Å². The average Bonchev–Trinajstić information content (AvgIpc) is 3.44. The Bertz CT molecular complexity index is 662. The van der Waals surface area contributed by atoms with E-state index in [1.807, 2.05) is 0 Å². The molecule has 1 saturated heterocycles. The van der Waals surface area contributed by atoms with Crippen LogP contribution in [0.15, 0.2) is 18.2 Å². The third kappa shape index (κ3) is 3.87. The standard InChI is InChI=1S/C18H23NO6/c1-24-13-4-5-14(15(10-13)25-11-12-2-3-12)16(20)19-8-6-18(23,7-9-19)17(21)22/h4-5,10,12,23H,2-3,6-9,11H2,1H3,(H,21,22). The van der Waals surface area contributed by atoms with Crippen molar-refractivity contribution in [3.63, 3.8) is 0 Å².